The first-order valence-corrected chi connectivity index (χ1v) is 33.3. The van der Waals surface area contributed by atoms with Gasteiger partial charge in [-0.2, -0.15) is 0 Å². The Balaban J connectivity index is 0.859. The van der Waals surface area contributed by atoms with Crippen molar-refractivity contribution in [3.05, 3.63) is 316 Å². The van der Waals surface area contributed by atoms with Gasteiger partial charge in [0.25, 0.3) is 0 Å². The van der Waals surface area contributed by atoms with Crippen molar-refractivity contribution in [2.45, 2.75) is 96.8 Å². The van der Waals surface area contributed by atoms with Gasteiger partial charge in [0.05, 0.1) is 0 Å². The second-order valence-electron chi connectivity index (χ2n) is 28.6. The minimum Gasteiger partial charge on any atom is -0.310 e. The van der Waals surface area contributed by atoms with Crippen LogP contribution in [0.2, 0.25) is 0 Å². The first-order valence-electron chi connectivity index (χ1n) is 33.3. The average Bonchev–Trinajstić information content (AvgIpc) is 1.36. The van der Waals surface area contributed by atoms with Crippen LogP contribution in [0.25, 0.3) is 78.2 Å². The topological polar surface area (TPSA) is 3.24 Å². The summed E-state index contributed by atoms with van der Waals surface area (Å²) in [6.07, 6.45) is 21.6. The lowest BCUT2D eigenvalue weighted by atomic mass is 9.68. The van der Waals surface area contributed by atoms with Gasteiger partial charge in [0.1, 0.15) is 0 Å². The number of para-hydroxylation sites is 1. The molecule has 0 bridgehead atoms. The molecule has 0 N–H and O–H groups in total. The van der Waals surface area contributed by atoms with Crippen LogP contribution in [-0.2, 0) is 30.1 Å². The lowest BCUT2D eigenvalue weighted by Crippen LogP contribution is -2.28. The van der Waals surface area contributed by atoms with Crippen LogP contribution in [-0.4, -0.2) is 0 Å². The number of allylic oxidation sites excluding steroid dienone is 6. The Kier molecular flexibility index (Phi) is 12.7. The van der Waals surface area contributed by atoms with E-state index >= 15 is 0 Å². The zero-order valence-corrected chi connectivity index (χ0v) is 52.8. The van der Waals surface area contributed by atoms with Crippen molar-refractivity contribution < 1.29 is 0 Å². The lowest BCUT2D eigenvalue weighted by Gasteiger charge is -2.36. The van der Waals surface area contributed by atoms with Crippen LogP contribution in [0.1, 0.15) is 122 Å². The van der Waals surface area contributed by atoms with E-state index in [1.165, 1.54) is 133 Å². The average molecular weight is 1160 g/mol. The summed E-state index contributed by atoms with van der Waals surface area (Å²) in [5.74, 6) is 1.43. The molecule has 0 saturated heterocycles. The summed E-state index contributed by atoms with van der Waals surface area (Å²) < 4.78 is 0. The maximum atomic E-state index is 2.76. The maximum Gasteiger partial charge on any atom is 0.0468 e. The van der Waals surface area contributed by atoms with Crippen molar-refractivity contribution in [2.75, 3.05) is 4.90 Å². The van der Waals surface area contributed by atoms with Crippen LogP contribution in [0.4, 0.5) is 17.1 Å². The summed E-state index contributed by atoms with van der Waals surface area (Å²) in [5.41, 5.74) is 31.1. The summed E-state index contributed by atoms with van der Waals surface area (Å²) in [7, 11) is 0. The van der Waals surface area contributed by atoms with Gasteiger partial charge < -0.3 is 4.90 Å². The molecular formula is C89H77N. The van der Waals surface area contributed by atoms with Crippen LogP contribution in [0.5, 0.6) is 0 Å². The highest BCUT2D eigenvalue weighted by atomic mass is 15.1. The largest absolute Gasteiger partial charge is 0.310 e. The van der Waals surface area contributed by atoms with Gasteiger partial charge in [0, 0.05) is 33.8 Å². The summed E-state index contributed by atoms with van der Waals surface area (Å²) in [4.78, 5) is 2.51. The number of hydrogen-bond donors (Lipinski definition) is 0. The van der Waals surface area contributed by atoms with E-state index in [0.29, 0.717) is 23.7 Å². The summed E-state index contributed by atoms with van der Waals surface area (Å²) >= 11 is 0. The Morgan fingerprint density at radius 1 is 0.511 bits per heavy atom. The summed E-state index contributed by atoms with van der Waals surface area (Å²) in [6.45, 7) is 15.0. The highest BCUT2D eigenvalue weighted by Crippen LogP contribution is 2.63. The lowest BCUT2D eigenvalue weighted by molar-refractivity contribution is 0.215. The molecule has 17 rings (SSSR count). The minimum absolute atomic E-state index is 0.00593. The SMILES string of the molecule is CC1(C)c2ccccc2-c2ccc(-c3c4c(c(-c5ccc6c(c5)C(C)(C)c5ccccc5-6)c5ccc(N(c6ccccc6)c6ccc7c(c6)CCC=C7)cc35)CC3C(=C4)C4C=CC(CCC(Cc5ccccc5)c5ccc6ccccc6c5)=CC4C3(C)C)cc21. The number of benzene rings is 11. The molecule has 11 aromatic carbocycles. The highest BCUT2D eigenvalue weighted by Gasteiger charge is 2.53. The van der Waals surface area contributed by atoms with E-state index in [2.05, 4.69) is 307 Å². The van der Waals surface area contributed by atoms with Crippen molar-refractivity contribution >= 4 is 50.8 Å². The fourth-order valence-corrected chi connectivity index (χ4v) is 17.8. The Hall–Kier alpha value is -9.30. The van der Waals surface area contributed by atoms with Gasteiger partial charge in [0.2, 0.25) is 0 Å². The maximum absolute atomic E-state index is 2.76. The van der Waals surface area contributed by atoms with Crippen molar-refractivity contribution in [3.8, 4) is 44.5 Å². The second kappa shape index (κ2) is 20.9. The number of aryl methyl sites for hydroxylation is 1. The number of rotatable bonds is 11. The van der Waals surface area contributed by atoms with Crippen LogP contribution >= 0.6 is 0 Å². The molecule has 0 heterocycles. The third-order valence-electron chi connectivity index (χ3n) is 22.6. The molecule has 0 radical (unpaired) electrons. The van der Waals surface area contributed by atoms with E-state index in [-0.39, 0.29) is 16.2 Å². The van der Waals surface area contributed by atoms with Gasteiger partial charge in [-0.15, -0.1) is 0 Å². The molecule has 6 aliphatic carbocycles. The van der Waals surface area contributed by atoms with Crippen molar-refractivity contribution in [2.24, 2.45) is 23.2 Å². The molecule has 4 unspecified atom stereocenters. The predicted octanol–water partition coefficient (Wildman–Crippen LogP) is 23.5. The molecule has 4 atom stereocenters. The van der Waals surface area contributed by atoms with E-state index < -0.39 is 0 Å². The van der Waals surface area contributed by atoms with Crippen LogP contribution in [0.15, 0.2) is 260 Å². The van der Waals surface area contributed by atoms with Crippen molar-refractivity contribution in [1.82, 2.24) is 0 Å². The first kappa shape index (κ1) is 54.8. The van der Waals surface area contributed by atoms with Gasteiger partial charge >= 0.3 is 0 Å². The second-order valence-corrected chi connectivity index (χ2v) is 28.6. The molecule has 1 fully saturated rings. The Bertz CT molecular complexity index is 4880. The molecule has 0 aliphatic heterocycles. The zero-order valence-electron chi connectivity index (χ0n) is 52.8. The van der Waals surface area contributed by atoms with Gasteiger partial charge in [-0.1, -0.05) is 265 Å². The van der Waals surface area contributed by atoms with E-state index in [4.69, 9.17) is 0 Å². The molecule has 6 aliphatic rings. The molecule has 1 nitrogen and oxygen atoms in total. The van der Waals surface area contributed by atoms with Gasteiger partial charge in [-0.3, -0.25) is 0 Å². The summed E-state index contributed by atoms with van der Waals surface area (Å²) in [6, 6.07) is 86.3. The Labute approximate surface area is 532 Å². The first-order chi connectivity index (χ1) is 43.9. The third-order valence-corrected chi connectivity index (χ3v) is 22.6. The number of hydrogen-bond acceptors (Lipinski definition) is 1. The molecule has 90 heavy (non-hydrogen) atoms. The molecule has 11 aromatic rings. The Morgan fingerprint density at radius 2 is 1.14 bits per heavy atom. The van der Waals surface area contributed by atoms with Crippen LogP contribution in [0.3, 0.4) is 0 Å². The molecular weight excluding hydrogens is 1080 g/mol. The van der Waals surface area contributed by atoms with Gasteiger partial charge in [-0.05, 0) is 232 Å². The van der Waals surface area contributed by atoms with Crippen molar-refractivity contribution in [1.29, 1.82) is 0 Å². The molecule has 0 spiro atoms. The molecule has 0 aromatic heterocycles. The van der Waals surface area contributed by atoms with E-state index in [1.807, 2.05) is 0 Å². The van der Waals surface area contributed by atoms with E-state index in [1.54, 1.807) is 5.57 Å². The van der Waals surface area contributed by atoms with E-state index in [0.717, 1.165) is 49.9 Å². The highest BCUT2D eigenvalue weighted by molar-refractivity contribution is 6.12. The predicted molar refractivity (Wildman–Crippen MR) is 381 cm³/mol. The quantitative estimate of drug-likeness (QED) is 0.125. The molecule has 1 saturated carbocycles. The number of fused-ring (bicyclic) bond motifs is 13. The van der Waals surface area contributed by atoms with E-state index in [9.17, 15) is 0 Å². The van der Waals surface area contributed by atoms with Crippen molar-refractivity contribution in [3.63, 3.8) is 0 Å². The number of anilines is 3. The monoisotopic (exact) mass is 1160 g/mol. The standard InChI is InChI=1S/C89H77N/c1-87(2)79-31-19-17-29-69(79)71-44-39-64(51-82(71)87)85-74-46-42-68(90(66-27-11-8-12-28-66)67-41-38-59-24-14-16-26-61(59)50-67)53-76(74)86(65-40-45-72-70-30-18-20-32-80(70)88(3,4)83(72)52-65)77-54-75-73-43-34-57(48-81(73)89(5,6)84(75)55-78(77)85)33-35-62(47-56-21-9-7-10-22-56)63-37-36-58-23-13-15-25-60(58)49-63/h7-15,17-25,27-32,34,36-46,48-54,62,73,81,84H,16,26,33,35,47,55H2,1-6H3. The molecule has 438 valence electrons. The normalized spacial score (nSPS) is 19.2. The number of nitrogens with zero attached hydrogens (tertiary/aromatic N) is 1. The molecule has 1 heteroatoms. The smallest absolute Gasteiger partial charge is 0.0468 e. The fourth-order valence-electron chi connectivity index (χ4n) is 17.8. The van der Waals surface area contributed by atoms with Crippen LogP contribution in [0, 0.1) is 23.2 Å². The van der Waals surface area contributed by atoms with Crippen LogP contribution < -0.4 is 4.90 Å². The van der Waals surface area contributed by atoms with Gasteiger partial charge in [0.15, 0.2) is 0 Å². The molecule has 0 amide bonds. The fraction of sp³-hybridized carbons (Fsp3) is 0.213. The Morgan fingerprint density at radius 3 is 1.88 bits per heavy atom. The summed E-state index contributed by atoms with van der Waals surface area (Å²) in [5, 5.41) is 5.24. The third kappa shape index (κ3) is 8.70. The zero-order chi connectivity index (χ0) is 60.6. The van der Waals surface area contributed by atoms with Gasteiger partial charge in [-0.25, -0.2) is 0 Å². The minimum atomic E-state index is -0.163.